The monoisotopic (exact) mass is 326 g/mol. The van der Waals surface area contributed by atoms with Gasteiger partial charge in [-0.3, -0.25) is 9.59 Å². The van der Waals surface area contributed by atoms with Crippen molar-refractivity contribution >= 4 is 17.5 Å². The standard InChI is InChI=1S/C19H22N2O3/c1-14-6-4-5-7-16(14)12-21(15(2)22)13-19(23)20-17-8-10-18(24-3)11-9-17/h4-11H,12-13H2,1-3H3,(H,20,23). The predicted molar refractivity (Wildman–Crippen MR) is 93.9 cm³/mol. The highest BCUT2D eigenvalue weighted by Crippen LogP contribution is 2.15. The lowest BCUT2D eigenvalue weighted by atomic mass is 10.1. The first-order chi connectivity index (χ1) is 11.5. The van der Waals surface area contributed by atoms with Crippen LogP contribution in [0.15, 0.2) is 48.5 Å². The fourth-order valence-corrected chi connectivity index (χ4v) is 2.32. The Morgan fingerprint density at radius 1 is 1.08 bits per heavy atom. The van der Waals surface area contributed by atoms with Gasteiger partial charge in [0.05, 0.1) is 7.11 Å². The van der Waals surface area contributed by atoms with Crippen LogP contribution in [0, 0.1) is 6.92 Å². The normalized spacial score (nSPS) is 10.1. The van der Waals surface area contributed by atoms with Gasteiger partial charge in [-0.25, -0.2) is 0 Å². The van der Waals surface area contributed by atoms with Gasteiger partial charge in [-0.15, -0.1) is 0 Å². The average Bonchev–Trinajstić information content (AvgIpc) is 2.56. The van der Waals surface area contributed by atoms with Crippen LogP contribution < -0.4 is 10.1 Å². The molecule has 0 fully saturated rings. The van der Waals surface area contributed by atoms with Crippen LogP contribution in [0.25, 0.3) is 0 Å². The van der Waals surface area contributed by atoms with E-state index >= 15 is 0 Å². The molecule has 0 atom stereocenters. The summed E-state index contributed by atoms with van der Waals surface area (Å²) < 4.78 is 5.08. The minimum atomic E-state index is -0.232. The van der Waals surface area contributed by atoms with E-state index in [1.165, 1.54) is 11.8 Å². The lowest BCUT2D eigenvalue weighted by Gasteiger charge is -2.21. The zero-order chi connectivity index (χ0) is 17.5. The summed E-state index contributed by atoms with van der Waals surface area (Å²) >= 11 is 0. The molecular weight excluding hydrogens is 304 g/mol. The second kappa shape index (κ2) is 8.15. The Morgan fingerprint density at radius 2 is 1.75 bits per heavy atom. The summed E-state index contributed by atoms with van der Waals surface area (Å²) in [5.74, 6) is 0.352. The number of benzene rings is 2. The summed E-state index contributed by atoms with van der Waals surface area (Å²) in [6.45, 7) is 3.89. The largest absolute Gasteiger partial charge is 0.497 e. The Hall–Kier alpha value is -2.82. The highest BCUT2D eigenvalue weighted by molar-refractivity contribution is 5.94. The number of carbonyl (C=O) groups is 2. The lowest BCUT2D eigenvalue weighted by molar-refractivity contribution is -0.133. The third-order valence-electron chi connectivity index (χ3n) is 3.78. The number of rotatable bonds is 6. The molecule has 0 aliphatic rings. The maximum atomic E-state index is 12.2. The highest BCUT2D eigenvalue weighted by atomic mass is 16.5. The number of nitrogens with zero attached hydrogens (tertiary/aromatic N) is 1. The van der Waals surface area contributed by atoms with E-state index in [1.807, 2.05) is 31.2 Å². The minimum absolute atomic E-state index is 0.00962. The lowest BCUT2D eigenvalue weighted by Crippen LogP contribution is -2.36. The summed E-state index contributed by atoms with van der Waals surface area (Å²) in [5.41, 5.74) is 2.80. The molecule has 24 heavy (non-hydrogen) atoms. The summed E-state index contributed by atoms with van der Waals surface area (Å²) in [6, 6.07) is 14.9. The van der Waals surface area contributed by atoms with Crippen molar-refractivity contribution in [3.05, 3.63) is 59.7 Å². The summed E-state index contributed by atoms with van der Waals surface area (Å²) in [5, 5.41) is 2.79. The topological polar surface area (TPSA) is 58.6 Å². The average molecular weight is 326 g/mol. The van der Waals surface area contributed by atoms with E-state index in [9.17, 15) is 9.59 Å². The number of methoxy groups -OCH3 is 1. The Bertz CT molecular complexity index is 711. The van der Waals surface area contributed by atoms with Gasteiger partial charge in [0.2, 0.25) is 11.8 Å². The highest BCUT2D eigenvalue weighted by Gasteiger charge is 2.15. The van der Waals surface area contributed by atoms with Crippen molar-refractivity contribution in [1.82, 2.24) is 4.90 Å². The van der Waals surface area contributed by atoms with Gasteiger partial charge in [0.15, 0.2) is 0 Å². The summed E-state index contributed by atoms with van der Waals surface area (Å²) in [6.07, 6.45) is 0. The molecular formula is C19H22N2O3. The fraction of sp³-hybridized carbons (Fsp3) is 0.263. The van der Waals surface area contributed by atoms with E-state index in [1.54, 1.807) is 31.4 Å². The van der Waals surface area contributed by atoms with Crippen molar-refractivity contribution in [2.75, 3.05) is 19.0 Å². The molecule has 0 heterocycles. The van der Waals surface area contributed by atoms with Crippen LogP contribution in [-0.2, 0) is 16.1 Å². The third-order valence-corrected chi connectivity index (χ3v) is 3.78. The number of carbonyl (C=O) groups excluding carboxylic acids is 2. The first-order valence-electron chi connectivity index (χ1n) is 7.73. The number of amides is 2. The molecule has 126 valence electrons. The SMILES string of the molecule is COc1ccc(NC(=O)CN(Cc2ccccc2C)C(C)=O)cc1. The van der Waals surface area contributed by atoms with Crippen LogP contribution in [0.4, 0.5) is 5.69 Å². The number of anilines is 1. The quantitative estimate of drug-likeness (QED) is 0.888. The van der Waals surface area contributed by atoms with Crippen molar-refractivity contribution in [2.24, 2.45) is 0 Å². The third kappa shape index (κ3) is 4.84. The second-order valence-corrected chi connectivity index (χ2v) is 5.58. The zero-order valence-electron chi connectivity index (χ0n) is 14.2. The summed E-state index contributed by atoms with van der Waals surface area (Å²) in [4.78, 5) is 25.6. The smallest absolute Gasteiger partial charge is 0.244 e. The molecule has 0 saturated carbocycles. The van der Waals surface area contributed by atoms with E-state index in [-0.39, 0.29) is 18.4 Å². The van der Waals surface area contributed by atoms with E-state index in [2.05, 4.69) is 5.32 Å². The number of ether oxygens (including phenoxy) is 1. The molecule has 2 rings (SSSR count). The van der Waals surface area contributed by atoms with Gasteiger partial charge in [-0.05, 0) is 42.3 Å². The molecule has 2 aromatic rings. The van der Waals surface area contributed by atoms with Gasteiger partial charge in [0.25, 0.3) is 0 Å². The van der Waals surface area contributed by atoms with Crippen molar-refractivity contribution in [3.8, 4) is 5.75 Å². The fourth-order valence-electron chi connectivity index (χ4n) is 2.32. The van der Waals surface area contributed by atoms with E-state index in [0.717, 1.165) is 16.9 Å². The second-order valence-electron chi connectivity index (χ2n) is 5.58. The molecule has 2 aromatic carbocycles. The van der Waals surface area contributed by atoms with Crippen molar-refractivity contribution in [1.29, 1.82) is 0 Å². The molecule has 2 amide bonds. The van der Waals surface area contributed by atoms with Crippen LogP contribution in [0.2, 0.25) is 0 Å². The van der Waals surface area contributed by atoms with Crippen molar-refractivity contribution in [3.63, 3.8) is 0 Å². The molecule has 0 saturated heterocycles. The van der Waals surface area contributed by atoms with Crippen LogP contribution in [0.5, 0.6) is 5.75 Å². The number of hydrogen-bond donors (Lipinski definition) is 1. The molecule has 0 bridgehead atoms. The Morgan fingerprint density at radius 3 is 2.33 bits per heavy atom. The summed E-state index contributed by atoms with van der Waals surface area (Å²) in [7, 11) is 1.59. The molecule has 1 N–H and O–H groups in total. The van der Waals surface area contributed by atoms with Gasteiger partial charge >= 0.3 is 0 Å². The first-order valence-corrected chi connectivity index (χ1v) is 7.73. The number of nitrogens with one attached hydrogen (secondary N) is 1. The molecule has 0 aliphatic carbocycles. The molecule has 0 radical (unpaired) electrons. The van der Waals surface area contributed by atoms with Crippen LogP contribution >= 0.6 is 0 Å². The predicted octanol–water partition coefficient (Wildman–Crippen LogP) is 2.99. The molecule has 0 spiro atoms. The molecule has 0 aromatic heterocycles. The maximum Gasteiger partial charge on any atom is 0.244 e. The Balaban J connectivity index is 2.00. The van der Waals surface area contributed by atoms with Crippen molar-refractivity contribution < 1.29 is 14.3 Å². The van der Waals surface area contributed by atoms with Gasteiger partial charge in [-0.2, -0.15) is 0 Å². The number of hydrogen-bond acceptors (Lipinski definition) is 3. The Labute approximate surface area is 142 Å². The van der Waals surface area contributed by atoms with Gasteiger partial charge in [-0.1, -0.05) is 24.3 Å². The van der Waals surface area contributed by atoms with Gasteiger partial charge in [0.1, 0.15) is 12.3 Å². The van der Waals surface area contributed by atoms with Gasteiger partial charge in [0, 0.05) is 19.2 Å². The Kier molecular flexibility index (Phi) is 5.95. The van der Waals surface area contributed by atoms with Crippen molar-refractivity contribution in [2.45, 2.75) is 20.4 Å². The number of aryl methyl sites for hydroxylation is 1. The van der Waals surface area contributed by atoms with E-state index in [0.29, 0.717) is 12.2 Å². The van der Waals surface area contributed by atoms with E-state index in [4.69, 9.17) is 4.74 Å². The molecule has 5 heteroatoms. The van der Waals surface area contributed by atoms with Crippen LogP contribution in [0.3, 0.4) is 0 Å². The first kappa shape index (κ1) is 17.5. The van der Waals surface area contributed by atoms with Crippen LogP contribution in [0.1, 0.15) is 18.1 Å². The minimum Gasteiger partial charge on any atom is -0.497 e. The van der Waals surface area contributed by atoms with Crippen LogP contribution in [-0.4, -0.2) is 30.4 Å². The molecule has 5 nitrogen and oxygen atoms in total. The maximum absolute atomic E-state index is 12.2. The van der Waals surface area contributed by atoms with Gasteiger partial charge < -0.3 is 15.0 Å². The zero-order valence-corrected chi connectivity index (χ0v) is 14.2. The molecule has 0 unspecified atom stereocenters. The molecule has 0 aliphatic heterocycles. The van der Waals surface area contributed by atoms with E-state index < -0.39 is 0 Å².